The van der Waals surface area contributed by atoms with Crippen LogP contribution in [0.1, 0.15) is 23.3 Å². The van der Waals surface area contributed by atoms with Crippen molar-refractivity contribution in [3.05, 3.63) is 22.1 Å². The highest BCUT2D eigenvalue weighted by Crippen LogP contribution is 2.32. The predicted octanol–water partition coefficient (Wildman–Crippen LogP) is -0.0333. The number of ether oxygens (including phenoxy) is 3. The Morgan fingerprint density at radius 3 is 2.50 bits per heavy atom. The predicted molar refractivity (Wildman–Crippen MR) is 99.9 cm³/mol. The Morgan fingerprint density at radius 2 is 1.79 bits per heavy atom. The van der Waals surface area contributed by atoms with Crippen LogP contribution in [-0.4, -0.2) is 83.8 Å². The molecule has 5 heterocycles. The molecule has 1 amide bonds. The van der Waals surface area contributed by atoms with Crippen molar-refractivity contribution in [2.45, 2.75) is 18.6 Å². The topological polar surface area (TPSA) is 98.5 Å². The number of piperidine rings is 1. The van der Waals surface area contributed by atoms with E-state index < -0.39 is 11.3 Å². The van der Waals surface area contributed by atoms with Crippen LogP contribution in [0.4, 0.5) is 5.13 Å². The minimum Gasteiger partial charge on any atom is -0.378 e. The van der Waals surface area contributed by atoms with Crippen LogP contribution in [0.2, 0.25) is 0 Å². The SMILES string of the molecule is O=C(c1cc(=O)nc2sc(N3CCOCC3)nn12)N1CCC2(CC1)OCCO2. The fourth-order valence-electron chi connectivity index (χ4n) is 3.84. The van der Waals surface area contributed by atoms with Gasteiger partial charge in [-0.3, -0.25) is 9.59 Å². The average molecular weight is 407 g/mol. The molecular formula is C17H21N5O5S. The second-order valence-electron chi connectivity index (χ2n) is 7.06. The summed E-state index contributed by atoms with van der Waals surface area (Å²) in [4.78, 5) is 33.5. The molecule has 3 fully saturated rings. The van der Waals surface area contributed by atoms with Crippen LogP contribution in [0.25, 0.3) is 4.96 Å². The van der Waals surface area contributed by atoms with Gasteiger partial charge in [0.2, 0.25) is 10.1 Å². The van der Waals surface area contributed by atoms with Crippen LogP contribution in [-0.2, 0) is 14.2 Å². The lowest BCUT2D eigenvalue weighted by Gasteiger charge is -2.37. The van der Waals surface area contributed by atoms with Gasteiger partial charge in [-0.15, -0.1) is 5.10 Å². The zero-order valence-electron chi connectivity index (χ0n) is 15.3. The zero-order chi connectivity index (χ0) is 19.1. The summed E-state index contributed by atoms with van der Waals surface area (Å²) in [5, 5.41) is 5.31. The Morgan fingerprint density at radius 1 is 1.07 bits per heavy atom. The molecule has 0 unspecified atom stereocenters. The molecule has 150 valence electrons. The molecule has 11 heteroatoms. The third-order valence-corrected chi connectivity index (χ3v) is 6.34. The van der Waals surface area contributed by atoms with Crippen LogP contribution in [0.5, 0.6) is 0 Å². The molecule has 2 aromatic heterocycles. The van der Waals surface area contributed by atoms with Crippen molar-refractivity contribution in [1.29, 1.82) is 0 Å². The highest BCUT2D eigenvalue weighted by molar-refractivity contribution is 7.20. The number of morpholine rings is 1. The summed E-state index contributed by atoms with van der Waals surface area (Å²) in [6, 6.07) is 1.27. The van der Waals surface area contributed by atoms with Gasteiger partial charge in [0.15, 0.2) is 5.79 Å². The molecule has 2 aromatic rings. The van der Waals surface area contributed by atoms with Crippen LogP contribution >= 0.6 is 11.3 Å². The number of rotatable bonds is 2. The van der Waals surface area contributed by atoms with Gasteiger partial charge in [-0.2, -0.15) is 9.50 Å². The molecule has 5 rings (SSSR count). The number of likely N-dealkylation sites (tertiary alicyclic amines) is 1. The summed E-state index contributed by atoms with van der Waals surface area (Å²) < 4.78 is 18.3. The molecule has 0 radical (unpaired) electrons. The molecule has 0 atom stereocenters. The molecule has 0 aliphatic carbocycles. The van der Waals surface area contributed by atoms with E-state index >= 15 is 0 Å². The van der Waals surface area contributed by atoms with Gasteiger partial charge in [-0.05, 0) is 0 Å². The van der Waals surface area contributed by atoms with E-state index in [1.165, 1.54) is 21.9 Å². The average Bonchev–Trinajstić information content (AvgIpc) is 3.35. The largest absolute Gasteiger partial charge is 0.378 e. The van der Waals surface area contributed by atoms with Gasteiger partial charge in [-0.25, -0.2) is 0 Å². The van der Waals surface area contributed by atoms with Crippen molar-refractivity contribution < 1.29 is 19.0 Å². The quantitative estimate of drug-likeness (QED) is 0.684. The normalized spacial score (nSPS) is 22.3. The maximum Gasteiger partial charge on any atom is 0.274 e. The number of anilines is 1. The molecule has 0 N–H and O–H groups in total. The molecule has 3 aliphatic heterocycles. The van der Waals surface area contributed by atoms with Gasteiger partial charge in [0.1, 0.15) is 5.69 Å². The van der Waals surface area contributed by atoms with Gasteiger partial charge in [0.05, 0.1) is 26.4 Å². The number of hydrogen-bond acceptors (Lipinski definition) is 9. The highest BCUT2D eigenvalue weighted by Gasteiger charge is 2.41. The first kappa shape index (κ1) is 18.0. The number of fused-ring (bicyclic) bond motifs is 1. The summed E-state index contributed by atoms with van der Waals surface area (Å²) in [5.74, 6) is -0.771. The summed E-state index contributed by atoms with van der Waals surface area (Å²) in [7, 11) is 0. The minimum absolute atomic E-state index is 0.221. The summed E-state index contributed by atoms with van der Waals surface area (Å²) in [6.45, 7) is 4.92. The fraction of sp³-hybridized carbons (Fsp3) is 0.647. The molecular weight excluding hydrogens is 386 g/mol. The van der Waals surface area contributed by atoms with Gasteiger partial charge in [-0.1, -0.05) is 11.3 Å². The number of carbonyl (C=O) groups excluding carboxylic acids is 1. The van der Waals surface area contributed by atoms with Crippen molar-refractivity contribution in [2.24, 2.45) is 0 Å². The molecule has 0 bridgehead atoms. The number of hydrogen-bond donors (Lipinski definition) is 0. The van der Waals surface area contributed by atoms with Crippen LogP contribution in [0, 0.1) is 0 Å². The van der Waals surface area contributed by atoms with Crippen LogP contribution < -0.4 is 10.5 Å². The molecule has 10 nitrogen and oxygen atoms in total. The van der Waals surface area contributed by atoms with Crippen molar-refractivity contribution >= 4 is 27.3 Å². The third-order valence-electron chi connectivity index (χ3n) is 5.37. The second kappa shape index (κ2) is 7.07. The van der Waals surface area contributed by atoms with Crippen LogP contribution in [0.3, 0.4) is 0 Å². The van der Waals surface area contributed by atoms with E-state index in [2.05, 4.69) is 15.0 Å². The monoisotopic (exact) mass is 407 g/mol. The molecule has 1 spiro atoms. The lowest BCUT2D eigenvalue weighted by Crippen LogP contribution is -2.47. The standard InChI is InChI=1S/C17H21N5O5S/c23-13-11-12(14(24)20-3-1-17(2-4-20)26-9-10-27-17)22-15(18-13)28-16(19-22)21-5-7-25-8-6-21/h11H,1-10H2. The maximum absolute atomic E-state index is 13.1. The Balaban J connectivity index is 1.42. The number of carbonyl (C=O) groups is 1. The molecule has 0 saturated carbocycles. The van der Waals surface area contributed by atoms with E-state index in [-0.39, 0.29) is 11.6 Å². The Labute approximate surface area is 164 Å². The van der Waals surface area contributed by atoms with E-state index in [4.69, 9.17) is 14.2 Å². The molecule has 3 saturated heterocycles. The van der Waals surface area contributed by atoms with Crippen molar-refractivity contribution in [3.63, 3.8) is 0 Å². The third kappa shape index (κ3) is 3.17. The Bertz CT molecular complexity index is 937. The van der Waals surface area contributed by atoms with Gasteiger partial charge in [0, 0.05) is 45.1 Å². The van der Waals surface area contributed by atoms with Crippen LogP contribution in [0.15, 0.2) is 10.9 Å². The lowest BCUT2D eigenvalue weighted by atomic mass is 10.0. The number of nitrogens with zero attached hydrogens (tertiary/aromatic N) is 5. The summed E-state index contributed by atoms with van der Waals surface area (Å²) in [6.07, 6.45) is 1.25. The van der Waals surface area contributed by atoms with E-state index in [0.717, 1.165) is 18.2 Å². The first-order valence-corrected chi connectivity index (χ1v) is 10.3. The molecule has 0 aromatic carbocycles. The van der Waals surface area contributed by atoms with Gasteiger partial charge < -0.3 is 24.0 Å². The van der Waals surface area contributed by atoms with E-state index in [1.54, 1.807) is 4.90 Å². The summed E-state index contributed by atoms with van der Waals surface area (Å²) >= 11 is 1.31. The fourth-order valence-corrected chi connectivity index (χ4v) is 4.80. The Kier molecular flexibility index (Phi) is 4.54. The van der Waals surface area contributed by atoms with E-state index in [9.17, 15) is 9.59 Å². The Hall–Kier alpha value is -2.08. The lowest BCUT2D eigenvalue weighted by molar-refractivity contribution is -0.181. The van der Waals surface area contributed by atoms with E-state index in [0.29, 0.717) is 57.3 Å². The van der Waals surface area contributed by atoms with Crippen molar-refractivity contribution in [1.82, 2.24) is 19.5 Å². The minimum atomic E-state index is -0.550. The molecule has 3 aliphatic rings. The van der Waals surface area contributed by atoms with Gasteiger partial charge >= 0.3 is 0 Å². The highest BCUT2D eigenvalue weighted by atomic mass is 32.1. The second-order valence-corrected chi connectivity index (χ2v) is 7.99. The first-order chi connectivity index (χ1) is 13.6. The molecule has 28 heavy (non-hydrogen) atoms. The number of aromatic nitrogens is 3. The number of amides is 1. The first-order valence-electron chi connectivity index (χ1n) is 9.44. The maximum atomic E-state index is 13.1. The smallest absolute Gasteiger partial charge is 0.274 e. The van der Waals surface area contributed by atoms with E-state index in [1.807, 2.05) is 0 Å². The van der Waals surface area contributed by atoms with Gasteiger partial charge in [0.25, 0.3) is 11.5 Å². The van der Waals surface area contributed by atoms with Crippen molar-refractivity contribution in [2.75, 3.05) is 57.5 Å². The van der Waals surface area contributed by atoms with Crippen molar-refractivity contribution in [3.8, 4) is 0 Å². The summed E-state index contributed by atoms with van der Waals surface area (Å²) in [5.41, 5.74) is -0.188. The zero-order valence-corrected chi connectivity index (χ0v) is 16.2.